The highest BCUT2D eigenvalue weighted by Gasteiger charge is 2.22. The SMILES string of the molecule is Cc1oc(S(N)(=O)=O)cc1C(=O)N[C@H](C)c1cccc2ccccc12. The van der Waals surface area contributed by atoms with Crippen LogP contribution in [0.15, 0.2) is 58.0 Å². The van der Waals surface area contributed by atoms with Crippen LogP contribution in [0.4, 0.5) is 0 Å². The minimum Gasteiger partial charge on any atom is -0.448 e. The summed E-state index contributed by atoms with van der Waals surface area (Å²) < 4.78 is 27.8. The van der Waals surface area contributed by atoms with Crippen LogP contribution in [0.25, 0.3) is 10.8 Å². The molecule has 1 amide bonds. The molecule has 0 fully saturated rings. The third-order valence-corrected chi connectivity index (χ3v) is 4.82. The Morgan fingerprint density at radius 3 is 2.52 bits per heavy atom. The van der Waals surface area contributed by atoms with Crippen molar-refractivity contribution in [3.63, 3.8) is 0 Å². The number of hydrogen-bond acceptors (Lipinski definition) is 4. The molecule has 25 heavy (non-hydrogen) atoms. The summed E-state index contributed by atoms with van der Waals surface area (Å²) in [5, 5.41) is 9.62. The highest BCUT2D eigenvalue weighted by molar-refractivity contribution is 7.89. The fourth-order valence-electron chi connectivity index (χ4n) is 2.80. The molecule has 1 aromatic heterocycles. The van der Waals surface area contributed by atoms with Crippen molar-refractivity contribution in [3.05, 3.63) is 65.4 Å². The molecule has 7 heteroatoms. The van der Waals surface area contributed by atoms with Crippen molar-refractivity contribution in [1.82, 2.24) is 5.32 Å². The second-order valence-electron chi connectivity index (χ2n) is 5.84. The van der Waals surface area contributed by atoms with E-state index < -0.39 is 21.0 Å². The number of carbonyl (C=O) groups excluding carboxylic acids is 1. The largest absolute Gasteiger partial charge is 0.448 e. The third kappa shape index (κ3) is 3.42. The Balaban J connectivity index is 1.89. The molecular formula is C18H18N2O4S. The van der Waals surface area contributed by atoms with Gasteiger partial charge in [0.25, 0.3) is 15.9 Å². The van der Waals surface area contributed by atoms with Crippen LogP contribution < -0.4 is 10.5 Å². The summed E-state index contributed by atoms with van der Waals surface area (Å²) in [5.74, 6) is -0.219. The van der Waals surface area contributed by atoms with E-state index in [1.165, 1.54) is 6.92 Å². The molecule has 0 unspecified atom stereocenters. The average Bonchev–Trinajstić information content (AvgIpc) is 2.96. The van der Waals surface area contributed by atoms with Gasteiger partial charge in [0.1, 0.15) is 5.76 Å². The van der Waals surface area contributed by atoms with Crippen LogP contribution in [0.5, 0.6) is 0 Å². The molecular weight excluding hydrogens is 340 g/mol. The lowest BCUT2D eigenvalue weighted by Gasteiger charge is -2.16. The zero-order valence-electron chi connectivity index (χ0n) is 13.8. The zero-order chi connectivity index (χ0) is 18.2. The normalized spacial score (nSPS) is 12.9. The number of sulfonamides is 1. The summed E-state index contributed by atoms with van der Waals surface area (Å²) in [5.41, 5.74) is 1.12. The van der Waals surface area contributed by atoms with Crippen LogP contribution >= 0.6 is 0 Å². The van der Waals surface area contributed by atoms with E-state index in [4.69, 9.17) is 9.56 Å². The summed E-state index contributed by atoms with van der Waals surface area (Å²) in [7, 11) is -3.99. The van der Waals surface area contributed by atoms with Gasteiger partial charge in [0.15, 0.2) is 0 Å². The Hall–Kier alpha value is -2.64. The molecule has 0 aliphatic rings. The Morgan fingerprint density at radius 2 is 1.84 bits per heavy atom. The molecule has 3 aromatic rings. The molecule has 2 aromatic carbocycles. The highest BCUT2D eigenvalue weighted by atomic mass is 32.2. The van der Waals surface area contributed by atoms with Crippen LogP contribution in [0.1, 0.15) is 34.6 Å². The van der Waals surface area contributed by atoms with Crippen LogP contribution in [-0.2, 0) is 10.0 Å². The van der Waals surface area contributed by atoms with Gasteiger partial charge in [-0.15, -0.1) is 0 Å². The fourth-order valence-corrected chi connectivity index (χ4v) is 3.32. The van der Waals surface area contributed by atoms with Crippen LogP contribution in [0.2, 0.25) is 0 Å². The lowest BCUT2D eigenvalue weighted by Crippen LogP contribution is -2.27. The Morgan fingerprint density at radius 1 is 1.16 bits per heavy atom. The van der Waals surface area contributed by atoms with Gasteiger partial charge in [0.2, 0.25) is 5.09 Å². The number of primary sulfonamides is 1. The van der Waals surface area contributed by atoms with Gasteiger partial charge < -0.3 is 9.73 Å². The molecule has 1 atom stereocenters. The van der Waals surface area contributed by atoms with E-state index in [1.54, 1.807) is 0 Å². The number of benzene rings is 2. The number of aryl methyl sites for hydroxylation is 1. The predicted octanol–water partition coefficient (Wildman–Crippen LogP) is 2.88. The van der Waals surface area contributed by atoms with E-state index >= 15 is 0 Å². The van der Waals surface area contributed by atoms with Crippen molar-refractivity contribution in [2.45, 2.75) is 25.0 Å². The molecule has 3 N–H and O–H groups in total. The number of nitrogens with one attached hydrogen (secondary N) is 1. The van der Waals surface area contributed by atoms with Crippen molar-refractivity contribution in [3.8, 4) is 0 Å². The zero-order valence-corrected chi connectivity index (χ0v) is 14.6. The third-order valence-electron chi connectivity index (χ3n) is 4.06. The Bertz CT molecular complexity index is 1050. The van der Waals surface area contributed by atoms with Gasteiger partial charge in [-0.25, -0.2) is 13.6 Å². The minimum atomic E-state index is -3.99. The molecule has 1 heterocycles. The van der Waals surface area contributed by atoms with Crippen LogP contribution in [0, 0.1) is 6.92 Å². The summed E-state index contributed by atoms with van der Waals surface area (Å²) in [6, 6.07) is 14.7. The van der Waals surface area contributed by atoms with Gasteiger partial charge in [0.05, 0.1) is 11.6 Å². The molecule has 0 saturated heterocycles. The molecule has 130 valence electrons. The van der Waals surface area contributed by atoms with Crippen molar-refractivity contribution in [1.29, 1.82) is 0 Å². The first-order chi connectivity index (χ1) is 11.8. The summed E-state index contributed by atoms with van der Waals surface area (Å²) in [6.07, 6.45) is 0. The number of furan rings is 1. The molecule has 0 aliphatic heterocycles. The van der Waals surface area contributed by atoms with Crippen molar-refractivity contribution in [2.75, 3.05) is 0 Å². The smallest absolute Gasteiger partial charge is 0.271 e. The van der Waals surface area contributed by atoms with Gasteiger partial charge in [-0.2, -0.15) is 0 Å². The number of rotatable bonds is 4. The van der Waals surface area contributed by atoms with E-state index in [1.807, 2.05) is 49.4 Å². The second kappa shape index (κ2) is 6.34. The van der Waals surface area contributed by atoms with Crippen molar-refractivity contribution >= 4 is 26.7 Å². The predicted molar refractivity (Wildman–Crippen MR) is 94.6 cm³/mol. The van der Waals surface area contributed by atoms with Crippen molar-refractivity contribution in [2.24, 2.45) is 5.14 Å². The molecule has 6 nitrogen and oxygen atoms in total. The number of fused-ring (bicyclic) bond motifs is 1. The lowest BCUT2D eigenvalue weighted by atomic mass is 9.99. The quantitative estimate of drug-likeness (QED) is 0.748. The minimum absolute atomic E-state index is 0.149. The van der Waals surface area contributed by atoms with Crippen LogP contribution in [-0.4, -0.2) is 14.3 Å². The number of hydrogen-bond donors (Lipinski definition) is 2. The number of amides is 1. The first-order valence-corrected chi connectivity index (χ1v) is 9.24. The van der Waals surface area contributed by atoms with Gasteiger partial charge in [-0.1, -0.05) is 42.5 Å². The first-order valence-electron chi connectivity index (χ1n) is 7.69. The topological polar surface area (TPSA) is 102 Å². The van der Waals surface area contributed by atoms with E-state index in [2.05, 4.69) is 5.32 Å². The van der Waals surface area contributed by atoms with E-state index in [9.17, 15) is 13.2 Å². The highest BCUT2D eigenvalue weighted by Crippen LogP contribution is 2.25. The maximum atomic E-state index is 12.5. The maximum Gasteiger partial charge on any atom is 0.271 e. The summed E-state index contributed by atoms with van der Waals surface area (Å²) in [4.78, 5) is 12.5. The van der Waals surface area contributed by atoms with E-state index in [0.717, 1.165) is 22.4 Å². The standard InChI is InChI=1S/C18H18N2O4S/c1-11(14-9-5-7-13-6-3-4-8-15(13)14)20-18(21)16-10-17(24-12(16)2)25(19,22)23/h3-11H,1-2H3,(H,20,21)(H2,19,22,23)/t11-/m1/s1. The molecule has 0 aliphatic carbocycles. The molecule has 0 bridgehead atoms. The average molecular weight is 358 g/mol. The van der Waals surface area contributed by atoms with Gasteiger partial charge in [0, 0.05) is 6.07 Å². The van der Waals surface area contributed by atoms with Crippen molar-refractivity contribution < 1.29 is 17.6 Å². The molecule has 0 saturated carbocycles. The molecule has 0 spiro atoms. The Labute approximate surface area is 145 Å². The number of nitrogens with two attached hydrogens (primary N) is 1. The second-order valence-corrected chi connectivity index (χ2v) is 7.34. The summed E-state index contributed by atoms with van der Waals surface area (Å²) in [6.45, 7) is 3.39. The molecule has 0 radical (unpaired) electrons. The van der Waals surface area contributed by atoms with Gasteiger partial charge >= 0.3 is 0 Å². The van der Waals surface area contributed by atoms with E-state index in [-0.39, 0.29) is 17.4 Å². The maximum absolute atomic E-state index is 12.5. The number of carbonyl (C=O) groups is 1. The van der Waals surface area contributed by atoms with Crippen LogP contribution in [0.3, 0.4) is 0 Å². The Kier molecular flexibility index (Phi) is 4.36. The lowest BCUT2D eigenvalue weighted by molar-refractivity contribution is 0.0938. The first kappa shape index (κ1) is 17.2. The van der Waals surface area contributed by atoms with Gasteiger partial charge in [-0.05, 0) is 30.2 Å². The molecule has 3 rings (SSSR count). The van der Waals surface area contributed by atoms with Gasteiger partial charge in [-0.3, -0.25) is 4.79 Å². The van der Waals surface area contributed by atoms with E-state index in [0.29, 0.717) is 0 Å². The monoisotopic (exact) mass is 358 g/mol. The summed E-state index contributed by atoms with van der Waals surface area (Å²) >= 11 is 0. The fraction of sp³-hybridized carbons (Fsp3) is 0.167.